The van der Waals surface area contributed by atoms with Crippen LogP contribution in [-0.4, -0.2) is 39.9 Å². The molecule has 20 heavy (non-hydrogen) atoms. The third kappa shape index (κ3) is 3.88. The highest BCUT2D eigenvalue weighted by Gasteiger charge is 2.11. The lowest BCUT2D eigenvalue weighted by Crippen LogP contribution is -2.24. The maximum atomic E-state index is 8.87. The van der Waals surface area contributed by atoms with Gasteiger partial charge in [0.25, 0.3) is 0 Å². The van der Waals surface area contributed by atoms with E-state index >= 15 is 0 Å². The minimum absolute atomic E-state index is 0.203. The lowest BCUT2D eigenvalue weighted by atomic mass is 10.1. The molecule has 108 valence electrons. The quantitative estimate of drug-likeness (QED) is 0.839. The van der Waals surface area contributed by atoms with Gasteiger partial charge in [-0.1, -0.05) is 24.6 Å². The molecule has 0 unspecified atom stereocenters. The molecule has 0 saturated heterocycles. The van der Waals surface area contributed by atoms with Crippen LogP contribution < -0.4 is 0 Å². The second kappa shape index (κ2) is 7.17. The predicted molar refractivity (Wildman–Crippen MR) is 77.1 cm³/mol. The molecule has 0 aliphatic rings. The van der Waals surface area contributed by atoms with E-state index in [4.69, 9.17) is 9.52 Å². The SMILES string of the molecule is CCN(CCCO)Cc1nnc(-c2ccc(C)cc2)o1. The van der Waals surface area contributed by atoms with E-state index < -0.39 is 0 Å². The Morgan fingerprint density at radius 3 is 2.60 bits per heavy atom. The summed E-state index contributed by atoms with van der Waals surface area (Å²) in [7, 11) is 0. The first-order valence-corrected chi connectivity index (χ1v) is 6.95. The molecule has 0 saturated carbocycles. The topological polar surface area (TPSA) is 62.4 Å². The van der Waals surface area contributed by atoms with Crippen LogP contribution in [-0.2, 0) is 6.54 Å². The predicted octanol–water partition coefficient (Wildman–Crippen LogP) is 2.25. The number of aliphatic hydroxyl groups is 1. The van der Waals surface area contributed by atoms with Crippen molar-refractivity contribution in [1.82, 2.24) is 15.1 Å². The normalized spacial score (nSPS) is 11.2. The Kier molecular flexibility index (Phi) is 5.26. The first-order chi connectivity index (χ1) is 9.72. The van der Waals surface area contributed by atoms with Gasteiger partial charge in [0, 0.05) is 18.7 Å². The Morgan fingerprint density at radius 2 is 1.95 bits per heavy atom. The number of rotatable bonds is 7. The Morgan fingerprint density at radius 1 is 1.20 bits per heavy atom. The molecule has 0 aliphatic carbocycles. The molecule has 0 bridgehead atoms. The molecule has 1 N–H and O–H groups in total. The zero-order chi connectivity index (χ0) is 14.4. The fourth-order valence-electron chi connectivity index (χ4n) is 1.96. The summed E-state index contributed by atoms with van der Waals surface area (Å²) in [6, 6.07) is 8.02. The van der Waals surface area contributed by atoms with E-state index in [0.717, 1.165) is 25.1 Å². The highest BCUT2D eigenvalue weighted by Crippen LogP contribution is 2.18. The van der Waals surface area contributed by atoms with Gasteiger partial charge < -0.3 is 9.52 Å². The van der Waals surface area contributed by atoms with Gasteiger partial charge in [-0.3, -0.25) is 4.90 Å². The number of hydrogen-bond donors (Lipinski definition) is 1. The second-order valence-corrected chi connectivity index (χ2v) is 4.81. The van der Waals surface area contributed by atoms with Crippen LogP contribution in [0.25, 0.3) is 11.5 Å². The van der Waals surface area contributed by atoms with Gasteiger partial charge in [0.05, 0.1) is 6.54 Å². The van der Waals surface area contributed by atoms with E-state index in [-0.39, 0.29) is 6.61 Å². The van der Waals surface area contributed by atoms with Crippen LogP contribution in [0.2, 0.25) is 0 Å². The Hall–Kier alpha value is -1.72. The second-order valence-electron chi connectivity index (χ2n) is 4.81. The Bertz CT molecular complexity index is 522. The number of aliphatic hydroxyl groups excluding tert-OH is 1. The highest BCUT2D eigenvalue weighted by atomic mass is 16.4. The minimum Gasteiger partial charge on any atom is -0.419 e. The van der Waals surface area contributed by atoms with E-state index in [1.54, 1.807) is 0 Å². The zero-order valence-electron chi connectivity index (χ0n) is 12.0. The fourth-order valence-corrected chi connectivity index (χ4v) is 1.96. The first kappa shape index (κ1) is 14.7. The Balaban J connectivity index is 2.02. The van der Waals surface area contributed by atoms with Gasteiger partial charge in [-0.2, -0.15) is 0 Å². The molecule has 5 heteroatoms. The number of benzene rings is 1. The lowest BCUT2D eigenvalue weighted by Gasteiger charge is -2.17. The van der Waals surface area contributed by atoms with E-state index in [2.05, 4.69) is 22.0 Å². The van der Waals surface area contributed by atoms with E-state index in [1.165, 1.54) is 5.56 Å². The molecular weight excluding hydrogens is 254 g/mol. The molecule has 0 atom stereocenters. The molecule has 2 aromatic rings. The van der Waals surface area contributed by atoms with Gasteiger partial charge in [0.1, 0.15) is 0 Å². The van der Waals surface area contributed by atoms with Crippen molar-refractivity contribution < 1.29 is 9.52 Å². The van der Waals surface area contributed by atoms with Crippen molar-refractivity contribution in [2.24, 2.45) is 0 Å². The maximum Gasteiger partial charge on any atom is 0.247 e. The number of nitrogens with zero attached hydrogens (tertiary/aromatic N) is 3. The summed E-state index contributed by atoms with van der Waals surface area (Å²) in [5.74, 6) is 1.17. The molecule has 0 spiro atoms. The largest absolute Gasteiger partial charge is 0.419 e. The standard InChI is InChI=1S/C15H21N3O2/c1-3-18(9-4-10-19)11-14-16-17-15(20-14)13-7-5-12(2)6-8-13/h5-8,19H,3-4,9-11H2,1-2H3. The molecule has 2 rings (SSSR count). The average Bonchev–Trinajstić information content (AvgIpc) is 2.92. The van der Waals surface area contributed by atoms with Crippen molar-refractivity contribution in [3.8, 4) is 11.5 Å². The molecule has 1 aromatic carbocycles. The van der Waals surface area contributed by atoms with Gasteiger partial charge in [-0.25, -0.2) is 0 Å². The first-order valence-electron chi connectivity index (χ1n) is 6.95. The van der Waals surface area contributed by atoms with Crippen molar-refractivity contribution >= 4 is 0 Å². The van der Waals surface area contributed by atoms with Crippen molar-refractivity contribution in [3.63, 3.8) is 0 Å². The molecule has 0 radical (unpaired) electrons. The van der Waals surface area contributed by atoms with Crippen LogP contribution in [0, 0.1) is 6.92 Å². The van der Waals surface area contributed by atoms with Crippen molar-refractivity contribution in [2.75, 3.05) is 19.7 Å². The highest BCUT2D eigenvalue weighted by molar-refractivity contribution is 5.52. The summed E-state index contributed by atoms with van der Waals surface area (Å²) in [5.41, 5.74) is 2.14. The smallest absolute Gasteiger partial charge is 0.247 e. The van der Waals surface area contributed by atoms with Gasteiger partial charge >= 0.3 is 0 Å². The summed E-state index contributed by atoms with van der Waals surface area (Å²) in [6.07, 6.45) is 0.757. The van der Waals surface area contributed by atoms with Gasteiger partial charge in [0.2, 0.25) is 11.8 Å². The average molecular weight is 275 g/mol. The zero-order valence-corrected chi connectivity index (χ0v) is 12.0. The molecule has 0 fully saturated rings. The van der Waals surface area contributed by atoms with Crippen molar-refractivity contribution in [1.29, 1.82) is 0 Å². The van der Waals surface area contributed by atoms with Crippen LogP contribution in [0.4, 0.5) is 0 Å². The Labute approximate surface area is 119 Å². The van der Waals surface area contributed by atoms with Gasteiger partial charge in [-0.15, -0.1) is 10.2 Å². The van der Waals surface area contributed by atoms with Crippen molar-refractivity contribution in [3.05, 3.63) is 35.7 Å². The van der Waals surface area contributed by atoms with E-state index in [1.807, 2.05) is 31.2 Å². The molecular formula is C15H21N3O2. The molecule has 1 aromatic heterocycles. The minimum atomic E-state index is 0.203. The summed E-state index contributed by atoms with van der Waals surface area (Å²) >= 11 is 0. The monoisotopic (exact) mass is 275 g/mol. The third-order valence-corrected chi connectivity index (χ3v) is 3.20. The van der Waals surface area contributed by atoms with Gasteiger partial charge in [0.15, 0.2) is 0 Å². The fraction of sp³-hybridized carbons (Fsp3) is 0.467. The summed E-state index contributed by atoms with van der Waals surface area (Å²) in [4.78, 5) is 2.17. The summed E-state index contributed by atoms with van der Waals surface area (Å²) in [5, 5.41) is 17.1. The van der Waals surface area contributed by atoms with Crippen LogP contribution >= 0.6 is 0 Å². The number of hydrogen-bond acceptors (Lipinski definition) is 5. The van der Waals surface area contributed by atoms with Crippen LogP contribution in [0.5, 0.6) is 0 Å². The maximum absolute atomic E-state index is 8.87. The number of aryl methyl sites for hydroxylation is 1. The lowest BCUT2D eigenvalue weighted by molar-refractivity contribution is 0.212. The van der Waals surface area contributed by atoms with E-state index in [0.29, 0.717) is 18.3 Å². The van der Waals surface area contributed by atoms with Crippen molar-refractivity contribution in [2.45, 2.75) is 26.8 Å². The van der Waals surface area contributed by atoms with Crippen LogP contribution in [0.1, 0.15) is 24.8 Å². The summed E-state index contributed by atoms with van der Waals surface area (Å²) < 4.78 is 5.70. The molecule has 0 aliphatic heterocycles. The number of aromatic nitrogens is 2. The van der Waals surface area contributed by atoms with Crippen LogP contribution in [0.15, 0.2) is 28.7 Å². The van der Waals surface area contributed by atoms with Gasteiger partial charge in [-0.05, 0) is 32.0 Å². The molecule has 5 nitrogen and oxygen atoms in total. The summed E-state index contributed by atoms with van der Waals surface area (Å²) in [6.45, 7) is 6.67. The molecule has 1 heterocycles. The van der Waals surface area contributed by atoms with E-state index in [9.17, 15) is 0 Å². The third-order valence-electron chi connectivity index (χ3n) is 3.20. The van der Waals surface area contributed by atoms with Crippen LogP contribution in [0.3, 0.4) is 0 Å². The molecule has 0 amide bonds.